The van der Waals surface area contributed by atoms with Crippen LogP contribution in [0.2, 0.25) is 0 Å². The summed E-state index contributed by atoms with van der Waals surface area (Å²) in [6, 6.07) is 75.2. The van der Waals surface area contributed by atoms with Gasteiger partial charge in [-0.3, -0.25) is 0 Å². The maximum Gasteiger partial charge on any atom is 0.227 e. The quantitative estimate of drug-likeness (QED) is 0.164. The zero-order valence-corrected chi connectivity index (χ0v) is 31.0. The molecule has 0 aliphatic rings. The first-order chi connectivity index (χ1) is 28.3. The van der Waals surface area contributed by atoms with Crippen LogP contribution in [0.15, 0.2) is 217 Å². The zero-order valence-electron chi connectivity index (χ0n) is 31.0. The van der Waals surface area contributed by atoms with Gasteiger partial charge in [-0.05, 0) is 107 Å². The number of anilines is 3. The van der Waals surface area contributed by atoms with Gasteiger partial charge in [-0.15, -0.1) is 0 Å². The van der Waals surface area contributed by atoms with Crippen LogP contribution in [-0.2, 0) is 0 Å². The van der Waals surface area contributed by atoms with Crippen LogP contribution in [0.4, 0.5) is 17.1 Å². The maximum atomic E-state index is 6.42. The fraction of sp³-hybridized carbons (Fsp3) is 0. The molecule has 0 saturated carbocycles. The number of aromatic nitrogens is 2. The third-order valence-corrected chi connectivity index (χ3v) is 11.0. The number of hydrogen-bond donors (Lipinski definition) is 0. The molecular formula is C53H35N3O. The average molecular weight is 730 g/mol. The van der Waals surface area contributed by atoms with Crippen molar-refractivity contribution in [2.75, 3.05) is 4.90 Å². The van der Waals surface area contributed by atoms with Crippen molar-refractivity contribution >= 4 is 60.7 Å². The molecule has 4 heteroatoms. The smallest absolute Gasteiger partial charge is 0.227 e. The monoisotopic (exact) mass is 729 g/mol. The van der Waals surface area contributed by atoms with E-state index in [0.717, 1.165) is 66.9 Å². The molecular weight excluding hydrogens is 695 g/mol. The van der Waals surface area contributed by atoms with Crippen LogP contribution in [0.25, 0.3) is 83.1 Å². The summed E-state index contributed by atoms with van der Waals surface area (Å²) in [5.41, 5.74) is 13.9. The van der Waals surface area contributed by atoms with Crippen molar-refractivity contribution in [1.82, 2.24) is 9.55 Å². The molecule has 57 heavy (non-hydrogen) atoms. The number of nitrogens with zero attached hydrogens (tertiary/aromatic N) is 3. The highest BCUT2D eigenvalue weighted by Crippen LogP contribution is 2.42. The molecule has 0 spiro atoms. The summed E-state index contributed by atoms with van der Waals surface area (Å²) in [7, 11) is 0. The second-order valence-electron chi connectivity index (χ2n) is 14.4. The van der Waals surface area contributed by atoms with E-state index >= 15 is 0 Å². The Morgan fingerprint density at radius 2 is 0.982 bits per heavy atom. The second kappa shape index (κ2) is 13.6. The molecule has 0 atom stereocenters. The van der Waals surface area contributed by atoms with Crippen LogP contribution in [0.1, 0.15) is 0 Å². The van der Waals surface area contributed by atoms with E-state index in [1.807, 2.05) is 30.3 Å². The van der Waals surface area contributed by atoms with Crippen molar-refractivity contribution in [2.45, 2.75) is 0 Å². The fourth-order valence-electron chi connectivity index (χ4n) is 8.35. The molecule has 11 aromatic rings. The number of para-hydroxylation sites is 2. The summed E-state index contributed by atoms with van der Waals surface area (Å²) < 4.78 is 8.79. The zero-order chi connectivity index (χ0) is 37.7. The predicted octanol–water partition coefficient (Wildman–Crippen LogP) is 14.5. The number of benzene rings is 9. The first-order valence-electron chi connectivity index (χ1n) is 19.3. The fourth-order valence-corrected chi connectivity index (χ4v) is 8.35. The van der Waals surface area contributed by atoms with Gasteiger partial charge in [-0.2, -0.15) is 0 Å². The molecule has 0 amide bonds. The summed E-state index contributed by atoms with van der Waals surface area (Å²) in [4.78, 5) is 7.33. The highest BCUT2D eigenvalue weighted by Gasteiger charge is 2.19. The summed E-state index contributed by atoms with van der Waals surface area (Å²) in [6.45, 7) is 0. The summed E-state index contributed by atoms with van der Waals surface area (Å²) >= 11 is 0. The van der Waals surface area contributed by atoms with Gasteiger partial charge in [0.25, 0.3) is 0 Å². The minimum Gasteiger partial charge on any atom is -0.436 e. The minimum atomic E-state index is 0.625. The molecule has 0 aliphatic heterocycles. The molecule has 0 N–H and O–H groups in total. The Labute approximate surface area is 330 Å². The number of fused-ring (bicyclic) bond motifs is 6. The molecule has 2 aromatic heterocycles. The first-order valence-corrected chi connectivity index (χ1v) is 19.3. The second-order valence-corrected chi connectivity index (χ2v) is 14.4. The van der Waals surface area contributed by atoms with Crippen LogP contribution in [0.3, 0.4) is 0 Å². The number of rotatable bonds is 7. The lowest BCUT2D eigenvalue weighted by atomic mass is 9.97. The molecule has 0 bridgehead atoms. The third kappa shape index (κ3) is 5.66. The van der Waals surface area contributed by atoms with E-state index in [2.05, 4.69) is 191 Å². The average Bonchev–Trinajstić information content (AvgIpc) is 3.87. The van der Waals surface area contributed by atoms with Crippen LogP contribution in [0, 0.1) is 0 Å². The topological polar surface area (TPSA) is 34.2 Å². The van der Waals surface area contributed by atoms with Gasteiger partial charge in [0.2, 0.25) is 5.89 Å². The molecule has 11 rings (SSSR count). The predicted molar refractivity (Wildman–Crippen MR) is 237 cm³/mol. The minimum absolute atomic E-state index is 0.625. The molecule has 9 aromatic carbocycles. The number of hydrogen-bond acceptors (Lipinski definition) is 3. The Kier molecular flexibility index (Phi) is 7.78. The van der Waals surface area contributed by atoms with Gasteiger partial charge in [0, 0.05) is 44.5 Å². The maximum absolute atomic E-state index is 6.42. The Balaban J connectivity index is 1.07. The van der Waals surface area contributed by atoms with Crippen molar-refractivity contribution in [2.24, 2.45) is 0 Å². The van der Waals surface area contributed by atoms with Crippen molar-refractivity contribution < 1.29 is 4.42 Å². The van der Waals surface area contributed by atoms with Crippen LogP contribution < -0.4 is 4.90 Å². The SMILES string of the molecule is c1ccc(-c2cccc(N(c3ccc(-c4cc5oc(-c6ccccc6)nc5c5ccccc45)cc3)c3ccc4c(c3)c3ccccc3n4-c3ccccc3)c2)cc1. The number of oxazole rings is 1. The summed E-state index contributed by atoms with van der Waals surface area (Å²) in [5, 5.41) is 4.63. The van der Waals surface area contributed by atoms with Gasteiger partial charge in [0.15, 0.2) is 5.58 Å². The van der Waals surface area contributed by atoms with Gasteiger partial charge < -0.3 is 13.9 Å². The lowest BCUT2D eigenvalue weighted by molar-refractivity contribution is 0.620. The van der Waals surface area contributed by atoms with E-state index < -0.39 is 0 Å². The van der Waals surface area contributed by atoms with Crippen LogP contribution in [-0.4, -0.2) is 9.55 Å². The molecule has 0 unspecified atom stereocenters. The summed E-state index contributed by atoms with van der Waals surface area (Å²) in [6.07, 6.45) is 0. The third-order valence-electron chi connectivity index (χ3n) is 11.0. The van der Waals surface area contributed by atoms with E-state index in [9.17, 15) is 0 Å². The Morgan fingerprint density at radius 1 is 0.386 bits per heavy atom. The van der Waals surface area contributed by atoms with Gasteiger partial charge in [-0.1, -0.05) is 133 Å². The van der Waals surface area contributed by atoms with Gasteiger partial charge >= 0.3 is 0 Å². The van der Waals surface area contributed by atoms with E-state index in [4.69, 9.17) is 9.40 Å². The van der Waals surface area contributed by atoms with Crippen molar-refractivity contribution in [3.63, 3.8) is 0 Å². The largest absolute Gasteiger partial charge is 0.436 e. The van der Waals surface area contributed by atoms with Crippen molar-refractivity contribution in [3.8, 4) is 39.4 Å². The standard InChI is InChI=1S/C53H35N3O/c1-4-15-36(16-5-1)39-19-14-22-42(33-39)55(43-31-32-50-48(34-43)45-24-12-13-26-49(45)56(50)40-20-8-3-9-21-40)41-29-27-37(28-30-41)47-35-51-52(46-25-11-10-23-44(46)47)54-53(57-51)38-17-6-2-7-18-38/h1-35H. The molecule has 2 heterocycles. The molecule has 0 saturated heterocycles. The highest BCUT2D eigenvalue weighted by atomic mass is 16.3. The highest BCUT2D eigenvalue weighted by molar-refractivity contribution is 6.12. The Bertz CT molecular complexity index is 3220. The molecule has 0 radical (unpaired) electrons. The van der Waals surface area contributed by atoms with Crippen molar-refractivity contribution in [3.05, 3.63) is 212 Å². The first kappa shape index (κ1) is 32.7. The molecule has 4 nitrogen and oxygen atoms in total. The van der Waals surface area contributed by atoms with Crippen LogP contribution in [0.5, 0.6) is 0 Å². The van der Waals surface area contributed by atoms with Gasteiger partial charge in [-0.25, -0.2) is 4.98 Å². The Morgan fingerprint density at radius 3 is 1.75 bits per heavy atom. The Hall–Kier alpha value is -7.69. The van der Waals surface area contributed by atoms with Crippen molar-refractivity contribution in [1.29, 1.82) is 0 Å². The normalized spacial score (nSPS) is 11.5. The summed E-state index contributed by atoms with van der Waals surface area (Å²) in [5.74, 6) is 0.625. The van der Waals surface area contributed by atoms with E-state index in [1.54, 1.807) is 0 Å². The molecule has 268 valence electrons. The van der Waals surface area contributed by atoms with E-state index in [1.165, 1.54) is 27.4 Å². The van der Waals surface area contributed by atoms with Crippen LogP contribution >= 0.6 is 0 Å². The molecule has 0 fully saturated rings. The molecule has 0 aliphatic carbocycles. The van der Waals surface area contributed by atoms with Gasteiger partial charge in [0.05, 0.1) is 11.0 Å². The van der Waals surface area contributed by atoms with E-state index in [0.29, 0.717) is 5.89 Å². The lowest BCUT2D eigenvalue weighted by Crippen LogP contribution is -2.10. The van der Waals surface area contributed by atoms with Gasteiger partial charge in [0.1, 0.15) is 5.52 Å². The lowest BCUT2D eigenvalue weighted by Gasteiger charge is -2.26. The van der Waals surface area contributed by atoms with E-state index in [-0.39, 0.29) is 0 Å².